The zero-order valence-electron chi connectivity index (χ0n) is 14.3. The molecule has 0 spiro atoms. The third kappa shape index (κ3) is 3.21. The van der Waals surface area contributed by atoms with Crippen LogP contribution in [0.2, 0.25) is 0 Å². The number of piperazine rings is 1. The van der Waals surface area contributed by atoms with E-state index in [0.717, 1.165) is 39.4 Å². The van der Waals surface area contributed by atoms with Crippen molar-refractivity contribution in [1.29, 1.82) is 0 Å². The topological polar surface area (TPSA) is 33.5 Å². The highest BCUT2D eigenvalue weighted by Crippen LogP contribution is 2.23. The normalized spacial score (nSPS) is 27.0. The zero-order chi connectivity index (χ0) is 15.5. The van der Waals surface area contributed by atoms with Gasteiger partial charge in [0.25, 0.3) is 0 Å². The molecule has 2 atom stereocenters. The third-order valence-corrected chi connectivity index (χ3v) is 5.22. The van der Waals surface area contributed by atoms with Crippen LogP contribution in [-0.2, 0) is 17.8 Å². The summed E-state index contributed by atoms with van der Waals surface area (Å²) in [6.45, 7) is 13.9. The van der Waals surface area contributed by atoms with Crippen molar-refractivity contribution in [3.8, 4) is 0 Å². The van der Waals surface area contributed by atoms with Crippen LogP contribution >= 0.6 is 0 Å². The number of rotatable bonds is 5. The predicted octanol–water partition coefficient (Wildman–Crippen LogP) is 1.90. The van der Waals surface area contributed by atoms with Gasteiger partial charge in [0.1, 0.15) is 0 Å². The number of aromatic nitrogens is 2. The maximum Gasteiger partial charge on any atom is 0.0635 e. The average molecular weight is 306 g/mol. The van der Waals surface area contributed by atoms with Crippen molar-refractivity contribution in [2.75, 3.05) is 32.8 Å². The van der Waals surface area contributed by atoms with Gasteiger partial charge in [-0.3, -0.25) is 14.5 Å². The molecule has 0 radical (unpaired) electrons. The van der Waals surface area contributed by atoms with Crippen LogP contribution in [0.15, 0.2) is 6.20 Å². The number of hydrogen-bond donors (Lipinski definition) is 0. The van der Waals surface area contributed by atoms with Crippen molar-refractivity contribution < 1.29 is 4.74 Å². The SMILES string of the molecule is CCC[C@H]1COC[C@H]2CN(Cc3cnn(CC)c3C)CCN12. The summed E-state index contributed by atoms with van der Waals surface area (Å²) < 4.78 is 7.95. The quantitative estimate of drug-likeness (QED) is 0.832. The fourth-order valence-corrected chi connectivity index (χ4v) is 3.92. The number of ether oxygens (including phenoxy) is 1. The van der Waals surface area contributed by atoms with Gasteiger partial charge in [-0.15, -0.1) is 0 Å². The monoisotopic (exact) mass is 306 g/mol. The van der Waals surface area contributed by atoms with E-state index in [2.05, 4.69) is 40.4 Å². The molecule has 3 heterocycles. The fourth-order valence-electron chi connectivity index (χ4n) is 3.92. The fraction of sp³-hybridized carbons (Fsp3) is 0.824. The Labute approximate surface area is 134 Å². The molecule has 0 aromatic carbocycles. The zero-order valence-corrected chi connectivity index (χ0v) is 14.3. The molecule has 5 heteroatoms. The minimum atomic E-state index is 0.570. The minimum absolute atomic E-state index is 0.570. The molecule has 1 aromatic heterocycles. The van der Waals surface area contributed by atoms with Crippen LogP contribution in [0.25, 0.3) is 0 Å². The minimum Gasteiger partial charge on any atom is -0.378 e. The summed E-state index contributed by atoms with van der Waals surface area (Å²) in [5, 5.41) is 4.47. The highest BCUT2D eigenvalue weighted by molar-refractivity contribution is 5.16. The number of hydrogen-bond acceptors (Lipinski definition) is 4. The first-order chi connectivity index (χ1) is 10.7. The number of nitrogens with zero attached hydrogens (tertiary/aromatic N) is 4. The first kappa shape index (κ1) is 16.0. The summed E-state index contributed by atoms with van der Waals surface area (Å²) in [6, 6.07) is 1.20. The number of morpholine rings is 1. The summed E-state index contributed by atoms with van der Waals surface area (Å²) in [6.07, 6.45) is 4.55. The van der Waals surface area contributed by atoms with Crippen LogP contribution in [0.1, 0.15) is 37.9 Å². The lowest BCUT2D eigenvalue weighted by molar-refractivity contribution is -0.0840. The third-order valence-electron chi connectivity index (χ3n) is 5.22. The lowest BCUT2D eigenvalue weighted by Crippen LogP contribution is -2.61. The number of aryl methyl sites for hydroxylation is 1. The molecule has 0 amide bonds. The molecule has 0 aliphatic carbocycles. The van der Waals surface area contributed by atoms with E-state index in [1.807, 2.05) is 6.20 Å². The second-order valence-electron chi connectivity index (χ2n) is 6.68. The first-order valence-corrected chi connectivity index (χ1v) is 8.80. The van der Waals surface area contributed by atoms with E-state index in [-0.39, 0.29) is 0 Å². The van der Waals surface area contributed by atoms with Gasteiger partial charge >= 0.3 is 0 Å². The van der Waals surface area contributed by atoms with Crippen molar-refractivity contribution in [3.63, 3.8) is 0 Å². The Morgan fingerprint density at radius 3 is 2.86 bits per heavy atom. The molecule has 0 bridgehead atoms. The Bertz CT molecular complexity index is 485. The molecule has 3 rings (SSSR count). The van der Waals surface area contributed by atoms with Crippen molar-refractivity contribution in [3.05, 3.63) is 17.5 Å². The van der Waals surface area contributed by atoms with Crippen molar-refractivity contribution >= 4 is 0 Å². The van der Waals surface area contributed by atoms with Gasteiger partial charge in [-0.2, -0.15) is 5.10 Å². The maximum absolute atomic E-state index is 5.86. The maximum atomic E-state index is 5.86. The highest BCUT2D eigenvalue weighted by atomic mass is 16.5. The van der Waals surface area contributed by atoms with E-state index < -0.39 is 0 Å². The van der Waals surface area contributed by atoms with Crippen molar-refractivity contribution in [2.45, 2.75) is 58.8 Å². The van der Waals surface area contributed by atoms with Crippen LogP contribution in [0.5, 0.6) is 0 Å². The molecule has 2 fully saturated rings. The Balaban J connectivity index is 1.60. The summed E-state index contributed by atoms with van der Waals surface area (Å²) >= 11 is 0. The molecular formula is C17H30N4O. The molecular weight excluding hydrogens is 276 g/mol. The Morgan fingerprint density at radius 1 is 1.27 bits per heavy atom. The van der Waals surface area contributed by atoms with Gasteiger partial charge < -0.3 is 4.74 Å². The summed E-state index contributed by atoms with van der Waals surface area (Å²) in [5.74, 6) is 0. The number of fused-ring (bicyclic) bond motifs is 1. The van der Waals surface area contributed by atoms with E-state index in [1.165, 1.54) is 30.6 Å². The van der Waals surface area contributed by atoms with Crippen LogP contribution in [0, 0.1) is 6.92 Å². The molecule has 0 saturated carbocycles. The molecule has 0 N–H and O–H groups in total. The summed E-state index contributed by atoms with van der Waals surface area (Å²) in [5.41, 5.74) is 2.69. The second-order valence-corrected chi connectivity index (χ2v) is 6.68. The van der Waals surface area contributed by atoms with Gasteiger partial charge in [-0.05, 0) is 20.3 Å². The standard InChI is InChI=1S/C17H30N4O/c1-4-6-16-12-22-13-17-11-19(7-8-20(16)17)10-15-9-18-21(5-2)14(15)3/h9,16-17H,4-8,10-13H2,1-3H3/t16-,17+/m0/s1. The van der Waals surface area contributed by atoms with Gasteiger partial charge in [-0.25, -0.2) is 0 Å². The molecule has 22 heavy (non-hydrogen) atoms. The van der Waals surface area contributed by atoms with Crippen molar-refractivity contribution in [2.24, 2.45) is 0 Å². The van der Waals surface area contributed by atoms with Gasteiger partial charge in [0.2, 0.25) is 0 Å². The molecule has 5 nitrogen and oxygen atoms in total. The van der Waals surface area contributed by atoms with Gasteiger partial charge in [0.05, 0.1) is 19.4 Å². The Hall–Kier alpha value is -0.910. The van der Waals surface area contributed by atoms with E-state index in [4.69, 9.17) is 4.74 Å². The van der Waals surface area contributed by atoms with E-state index in [0.29, 0.717) is 12.1 Å². The van der Waals surface area contributed by atoms with E-state index in [1.54, 1.807) is 0 Å². The van der Waals surface area contributed by atoms with Crippen LogP contribution in [-0.4, -0.2) is 64.5 Å². The van der Waals surface area contributed by atoms with E-state index in [9.17, 15) is 0 Å². The molecule has 1 aromatic rings. The summed E-state index contributed by atoms with van der Waals surface area (Å²) in [7, 11) is 0. The van der Waals surface area contributed by atoms with Gasteiger partial charge in [-0.1, -0.05) is 13.3 Å². The molecule has 2 aliphatic heterocycles. The van der Waals surface area contributed by atoms with Gasteiger partial charge in [0.15, 0.2) is 0 Å². The average Bonchev–Trinajstić information content (AvgIpc) is 2.88. The molecule has 124 valence electrons. The second kappa shape index (κ2) is 7.11. The molecule has 0 unspecified atom stereocenters. The van der Waals surface area contributed by atoms with E-state index >= 15 is 0 Å². The van der Waals surface area contributed by atoms with Gasteiger partial charge in [0, 0.05) is 56.1 Å². The Kier molecular flexibility index (Phi) is 5.16. The van der Waals surface area contributed by atoms with Crippen LogP contribution < -0.4 is 0 Å². The first-order valence-electron chi connectivity index (χ1n) is 8.80. The summed E-state index contributed by atoms with van der Waals surface area (Å²) in [4.78, 5) is 5.27. The predicted molar refractivity (Wildman–Crippen MR) is 87.9 cm³/mol. The van der Waals surface area contributed by atoms with Crippen LogP contribution in [0.4, 0.5) is 0 Å². The van der Waals surface area contributed by atoms with Crippen LogP contribution in [0.3, 0.4) is 0 Å². The smallest absolute Gasteiger partial charge is 0.0635 e. The highest BCUT2D eigenvalue weighted by Gasteiger charge is 2.35. The largest absolute Gasteiger partial charge is 0.378 e. The Morgan fingerprint density at radius 2 is 2.14 bits per heavy atom. The molecule has 2 aliphatic rings. The molecule has 2 saturated heterocycles. The lowest BCUT2D eigenvalue weighted by atomic mass is 10.0. The van der Waals surface area contributed by atoms with Crippen molar-refractivity contribution in [1.82, 2.24) is 19.6 Å². The lowest BCUT2D eigenvalue weighted by Gasteiger charge is -2.48.